The highest BCUT2D eigenvalue weighted by Crippen LogP contribution is 2.38. The standard InChI is InChI=1S/C14H21NO2S2/c1-18-14(10-6-3-7-11-14)12-15-19(16,17)13-8-4-2-5-9-13/h2,4-5,8-9,15H,3,6-7,10-12H2,1H3. The third-order valence-electron chi connectivity index (χ3n) is 3.84. The molecule has 3 nitrogen and oxygen atoms in total. The van der Waals surface area contributed by atoms with Gasteiger partial charge in [-0.25, -0.2) is 13.1 Å². The summed E-state index contributed by atoms with van der Waals surface area (Å²) >= 11 is 1.80. The molecule has 19 heavy (non-hydrogen) atoms. The van der Waals surface area contributed by atoms with Crippen LogP contribution in [0.2, 0.25) is 0 Å². The summed E-state index contributed by atoms with van der Waals surface area (Å²) in [6.07, 6.45) is 7.97. The third kappa shape index (κ3) is 3.74. The van der Waals surface area contributed by atoms with E-state index >= 15 is 0 Å². The van der Waals surface area contributed by atoms with Crippen LogP contribution in [0.15, 0.2) is 35.2 Å². The lowest BCUT2D eigenvalue weighted by atomic mass is 9.88. The normalized spacial score (nSPS) is 19.2. The molecule has 1 aliphatic rings. The fourth-order valence-corrected chi connectivity index (χ4v) is 4.71. The highest BCUT2D eigenvalue weighted by atomic mass is 32.2. The zero-order chi connectivity index (χ0) is 13.8. The molecule has 1 N–H and O–H groups in total. The first-order chi connectivity index (χ1) is 9.08. The van der Waals surface area contributed by atoms with Crippen LogP contribution in [0.3, 0.4) is 0 Å². The SMILES string of the molecule is CSC1(CNS(=O)(=O)c2ccccc2)CCCCC1. The Morgan fingerprint density at radius 2 is 1.79 bits per heavy atom. The van der Waals surface area contributed by atoms with Gasteiger partial charge in [-0.3, -0.25) is 0 Å². The van der Waals surface area contributed by atoms with Crippen molar-refractivity contribution >= 4 is 21.8 Å². The average molecular weight is 299 g/mol. The van der Waals surface area contributed by atoms with Gasteiger partial charge >= 0.3 is 0 Å². The van der Waals surface area contributed by atoms with Crippen LogP contribution in [-0.2, 0) is 10.0 Å². The molecule has 0 heterocycles. The number of hydrogen-bond donors (Lipinski definition) is 1. The summed E-state index contributed by atoms with van der Waals surface area (Å²) in [5.41, 5.74) is 0. The first kappa shape index (κ1) is 14.9. The second-order valence-corrected chi connectivity index (χ2v) is 8.13. The molecule has 0 amide bonds. The van der Waals surface area contributed by atoms with E-state index in [2.05, 4.69) is 11.0 Å². The third-order valence-corrected chi connectivity index (χ3v) is 6.67. The van der Waals surface area contributed by atoms with Crippen molar-refractivity contribution in [3.8, 4) is 0 Å². The Morgan fingerprint density at radius 1 is 1.16 bits per heavy atom. The molecule has 106 valence electrons. The average Bonchev–Trinajstić information content (AvgIpc) is 2.47. The van der Waals surface area contributed by atoms with Gasteiger partial charge in [-0.15, -0.1) is 0 Å². The second kappa shape index (κ2) is 6.29. The van der Waals surface area contributed by atoms with Crippen LogP contribution in [0.25, 0.3) is 0 Å². The summed E-state index contributed by atoms with van der Waals surface area (Å²) in [5.74, 6) is 0. The van der Waals surface area contributed by atoms with Crippen LogP contribution in [0.1, 0.15) is 32.1 Å². The van der Waals surface area contributed by atoms with E-state index in [1.165, 1.54) is 19.3 Å². The van der Waals surface area contributed by atoms with E-state index in [1.807, 2.05) is 6.07 Å². The van der Waals surface area contributed by atoms with E-state index in [1.54, 1.807) is 36.0 Å². The van der Waals surface area contributed by atoms with Crippen LogP contribution in [-0.4, -0.2) is 26.0 Å². The highest BCUT2D eigenvalue weighted by Gasteiger charge is 2.32. The maximum atomic E-state index is 12.2. The van der Waals surface area contributed by atoms with Gasteiger partial charge < -0.3 is 0 Å². The molecule has 0 unspecified atom stereocenters. The molecule has 0 atom stereocenters. The van der Waals surface area contributed by atoms with Crippen molar-refractivity contribution in [2.24, 2.45) is 0 Å². The van der Waals surface area contributed by atoms with Gasteiger partial charge in [-0.1, -0.05) is 37.5 Å². The molecule has 1 aromatic rings. The molecule has 2 rings (SSSR count). The Morgan fingerprint density at radius 3 is 2.37 bits per heavy atom. The summed E-state index contributed by atoms with van der Waals surface area (Å²) in [5, 5.41) is 0. The minimum atomic E-state index is -3.37. The molecule has 1 aromatic carbocycles. The van der Waals surface area contributed by atoms with E-state index in [0.29, 0.717) is 11.4 Å². The smallest absolute Gasteiger partial charge is 0.210 e. The van der Waals surface area contributed by atoms with Crippen molar-refractivity contribution < 1.29 is 8.42 Å². The summed E-state index contributed by atoms with van der Waals surface area (Å²) in [7, 11) is -3.37. The summed E-state index contributed by atoms with van der Waals surface area (Å²) in [4.78, 5) is 0.349. The predicted molar refractivity (Wildman–Crippen MR) is 81.0 cm³/mol. The fraction of sp³-hybridized carbons (Fsp3) is 0.571. The van der Waals surface area contributed by atoms with Gasteiger partial charge in [-0.05, 0) is 31.2 Å². The van der Waals surface area contributed by atoms with Gasteiger partial charge in [0.15, 0.2) is 0 Å². The van der Waals surface area contributed by atoms with Crippen LogP contribution < -0.4 is 4.72 Å². The molecule has 1 fully saturated rings. The van der Waals surface area contributed by atoms with Gasteiger partial charge in [0.05, 0.1) is 4.90 Å². The van der Waals surface area contributed by atoms with Gasteiger partial charge in [0.25, 0.3) is 0 Å². The monoisotopic (exact) mass is 299 g/mol. The van der Waals surface area contributed by atoms with Crippen LogP contribution >= 0.6 is 11.8 Å². The maximum absolute atomic E-state index is 12.2. The van der Waals surface area contributed by atoms with Crippen molar-refractivity contribution in [1.82, 2.24) is 4.72 Å². The minimum Gasteiger partial charge on any atom is -0.210 e. The predicted octanol–water partition coefficient (Wildman–Crippen LogP) is 3.03. The first-order valence-electron chi connectivity index (χ1n) is 6.68. The largest absolute Gasteiger partial charge is 0.240 e. The molecule has 5 heteroatoms. The Balaban J connectivity index is 2.05. The van der Waals surface area contributed by atoms with E-state index < -0.39 is 10.0 Å². The second-order valence-electron chi connectivity index (χ2n) is 5.09. The lowest BCUT2D eigenvalue weighted by molar-refractivity contribution is 0.395. The van der Waals surface area contributed by atoms with Gasteiger partial charge in [0.1, 0.15) is 0 Å². The molecular weight excluding hydrogens is 278 g/mol. The molecule has 0 spiro atoms. The molecule has 0 bridgehead atoms. The van der Waals surface area contributed by atoms with Crippen LogP contribution in [0, 0.1) is 0 Å². The minimum absolute atomic E-state index is 0.0834. The summed E-state index contributed by atoms with van der Waals surface area (Å²) in [6, 6.07) is 8.59. The zero-order valence-corrected chi connectivity index (χ0v) is 12.9. The van der Waals surface area contributed by atoms with Crippen molar-refractivity contribution in [3.05, 3.63) is 30.3 Å². The van der Waals surface area contributed by atoms with Crippen LogP contribution in [0.4, 0.5) is 0 Å². The Bertz CT molecular complexity index is 493. The van der Waals surface area contributed by atoms with Crippen LogP contribution in [0.5, 0.6) is 0 Å². The molecule has 0 radical (unpaired) electrons. The topological polar surface area (TPSA) is 46.2 Å². The fourth-order valence-electron chi connectivity index (χ4n) is 2.56. The summed E-state index contributed by atoms with van der Waals surface area (Å²) in [6.45, 7) is 0.533. The molecule has 0 saturated heterocycles. The molecule has 0 aromatic heterocycles. The Kier molecular flexibility index (Phi) is 4.92. The van der Waals surface area contributed by atoms with E-state index in [0.717, 1.165) is 12.8 Å². The first-order valence-corrected chi connectivity index (χ1v) is 9.39. The number of sulfonamides is 1. The van der Waals surface area contributed by atoms with Gasteiger partial charge in [0.2, 0.25) is 10.0 Å². The lowest BCUT2D eigenvalue weighted by Crippen LogP contribution is -2.41. The van der Waals surface area contributed by atoms with E-state index in [9.17, 15) is 8.42 Å². The summed E-state index contributed by atoms with van der Waals surface area (Å²) < 4.78 is 27.3. The Labute approximate surface area is 120 Å². The lowest BCUT2D eigenvalue weighted by Gasteiger charge is -2.35. The zero-order valence-electron chi connectivity index (χ0n) is 11.3. The van der Waals surface area contributed by atoms with Crippen molar-refractivity contribution in [2.45, 2.75) is 41.7 Å². The molecular formula is C14H21NO2S2. The van der Waals surface area contributed by atoms with E-state index in [-0.39, 0.29) is 4.75 Å². The molecule has 1 saturated carbocycles. The van der Waals surface area contributed by atoms with Gasteiger partial charge in [0, 0.05) is 11.3 Å². The van der Waals surface area contributed by atoms with Gasteiger partial charge in [-0.2, -0.15) is 11.8 Å². The van der Waals surface area contributed by atoms with Crippen molar-refractivity contribution in [1.29, 1.82) is 0 Å². The van der Waals surface area contributed by atoms with E-state index in [4.69, 9.17) is 0 Å². The quantitative estimate of drug-likeness (QED) is 0.909. The molecule has 0 aliphatic heterocycles. The molecule has 1 aliphatic carbocycles. The number of hydrogen-bond acceptors (Lipinski definition) is 3. The number of rotatable bonds is 5. The highest BCUT2D eigenvalue weighted by molar-refractivity contribution is 8.00. The number of benzene rings is 1. The number of nitrogens with one attached hydrogen (secondary N) is 1. The maximum Gasteiger partial charge on any atom is 0.240 e. The van der Waals surface area contributed by atoms with Crippen molar-refractivity contribution in [3.63, 3.8) is 0 Å². The van der Waals surface area contributed by atoms with Crippen molar-refractivity contribution in [2.75, 3.05) is 12.8 Å². The Hall–Kier alpha value is -0.520. The number of thioether (sulfide) groups is 1.